The molecule has 0 spiro atoms. The van der Waals surface area contributed by atoms with Gasteiger partial charge in [0.05, 0.1) is 0 Å². The Balaban J connectivity index is 0.00000243. The molecule has 5 heteroatoms. The fraction of sp³-hybridized carbons (Fsp3) is 0.667. The Morgan fingerprint density at radius 1 is 1.15 bits per heavy atom. The lowest BCUT2D eigenvalue weighted by molar-refractivity contribution is 0.256. The van der Waals surface area contributed by atoms with Crippen LogP contribution in [0.1, 0.15) is 57.4 Å². The number of likely N-dealkylation sites (tertiary alicyclic amines) is 1. The van der Waals surface area contributed by atoms with Gasteiger partial charge in [0.2, 0.25) is 0 Å². The average Bonchev–Trinajstić information content (AvgIpc) is 2.80. The summed E-state index contributed by atoms with van der Waals surface area (Å²) in [6.45, 7) is 5.34. The van der Waals surface area contributed by atoms with Crippen LogP contribution in [0, 0.1) is 5.92 Å². The third-order valence-electron chi connectivity index (χ3n) is 5.75. The first-order valence-corrected chi connectivity index (χ1v) is 10.0. The SMILES string of the molecule is CC1CC(CN=C(N)NC2CCCCCC2)CN1Cc1ccccc1.I. The van der Waals surface area contributed by atoms with Gasteiger partial charge in [-0.15, -0.1) is 24.0 Å². The van der Waals surface area contributed by atoms with Crippen LogP contribution in [0.25, 0.3) is 0 Å². The van der Waals surface area contributed by atoms with Gasteiger partial charge in [-0.25, -0.2) is 0 Å². The van der Waals surface area contributed by atoms with Gasteiger partial charge in [-0.1, -0.05) is 56.0 Å². The zero-order chi connectivity index (χ0) is 17.5. The largest absolute Gasteiger partial charge is 0.370 e. The van der Waals surface area contributed by atoms with Gasteiger partial charge in [-0.3, -0.25) is 9.89 Å². The van der Waals surface area contributed by atoms with Gasteiger partial charge in [0.1, 0.15) is 0 Å². The molecule has 1 aromatic carbocycles. The Labute approximate surface area is 176 Å². The number of guanidine groups is 1. The maximum absolute atomic E-state index is 6.15. The molecule has 1 saturated carbocycles. The zero-order valence-electron chi connectivity index (χ0n) is 16.1. The second-order valence-corrected chi connectivity index (χ2v) is 7.92. The third-order valence-corrected chi connectivity index (χ3v) is 5.75. The van der Waals surface area contributed by atoms with Gasteiger partial charge >= 0.3 is 0 Å². The molecule has 4 nitrogen and oxygen atoms in total. The number of hydrogen-bond acceptors (Lipinski definition) is 2. The quantitative estimate of drug-likeness (QED) is 0.294. The lowest BCUT2D eigenvalue weighted by Crippen LogP contribution is -2.40. The topological polar surface area (TPSA) is 53.6 Å². The van der Waals surface area contributed by atoms with Crippen LogP contribution in [-0.2, 0) is 6.54 Å². The van der Waals surface area contributed by atoms with Gasteiger partial charge in [-0.2, -0.15) is 0 Å². The number of nitrogens with one attached hydrogen (secondary N) is 1. The molecule has 2 fully saturated rings. The van der Waals surface area contributed by atoms with Crippen molar-refractivity contribution >= 4 is 29.9 Å². The highest BCUT2D eigenvalue weighted by Crippen LogP contribution is 2.25. The Morgan fingerprint density at radius 2 is 1.85 bits per heavy atom. The maximum atomic E-state index is 6.15. The summed E-state index contributed by atoms with van der Waals surface area (Å²) in [6, 6.07) is 11.9. The molecule has 0 radical (unpaired) electrons. The smallest absolute Gasteiger partial charge is 0.188 e. The average molecular weight is 470 g/mol. The Hall–Kier alpha value is -0.820. The van der Waals surface area contributed by atoms with E-state index in [9.17, 15) is 0 Å². The summed E-state index contributed by atoms with van der Waals surface area (Å²) in [4.78, 5) is 7.24. The molecule has 0 amide bonds. The molecular weight excluding hydrogens is 435 g/mol. The molecule has 2 atom stereocenters. The summed E-state index contributed by atoms with van der Waals surface area (Å²) < 4.78 is 0. The van der Waals surface area contributed by atoms with E-state index in [2.05, 4.69) is 52.5 Å². The lowest BCUT2D eigenvalue weighted by Gasteiger charge is -2.21. The van der Waals surface area contributed by atoms with E-state index in [4.69, 9.17) is 5.73 Å². The van der Waals surface area contributed by atoms with E-state index in [1.165, 1.54) is 50.5 Å². The maximum Gasteiger partial charge on any atom is 0.188 e. The van der Waals surface area contributed by atoms with Crippen molar-refractivity contribution < 1.29 is 0 Å². The molecule has 0 aromatic heterocycles. The first-order valence-electron chi connectivity index (χ1n) is 10.0. The Kier molecular flexibility index (Phi) is 9.19. The van der Waals surface area contributed by atoms with Crippen molar-refractivity contribution in [1.29, 1.82) is 0 Å². The minimum Gasteiger partial charge on any atom is -0.370 e. The van der Waals surface area contributed by atoms with Crippen LogP contribution in [0.5, 0.6) is 0 Å². The van der Waals surface area contributed by atoms with Crippen LogP contribution in [0.15, 0.2) is 35.3 Å². The first-order chi connectivity index (χ1) is 12.2. The van der Waals surface area contributed by atoms with E-state index < -0.39 is 0 Å². The Morgan fingerprint density at radius 3 is 2.54 bits per heavy atom. The minimum atomic E-state index is 0. The fourth-order valence-electron chi connectivity index (χ4n) is 4.29. The van der Waals surface area contributed by atoms with E-state index in [1.54, 1.807) is 0 Å². The number of benzene rings is 1. The first kappa shape index (κ1) is 21.5. The molecule has 3 rings (SSSR count). The molecule has 2 unspecified atom stereocenters. The second-order valence-electron chi connectivity index (χ2n) is 7.92. The van der Waals surface area contributed by atoms with Crippen molar-refractivity contribution in [2.24, 2.45) is 16.6 Å². The van der Waals surface area contributed by atoms with Crippen molar-refractivity contribution in [3.8, 4) is 0 Å². The molecular formula is C21H35IN4. The van der Waals surface area contributed by atoms with E-state index >= 15 is 0 Å². The summed E-state index contributed by atoms with van der Waals surface area (Å²) in [6.07, 6.45) is 9.06. The molecule has 1 saturated heterocycles. The van der Waals surface area contributed by atoms with Crippen LogP contribution in [0.2, 0.25) is 0 Å². The van der Waals surface area contributed by atoms with Crippen LogP contribution in [0.3, 0.4) is 0 Å². The molecule has 26 heavy (non-hydrogen) atoms. The van der Waals surface area contributed by atoms with Gasteiger partial charge in [0.15, 0.2) is 5.96 Å². The van der Waals surface area contributed by atoms with Crippen molar-refractivity contribution in [2.45, 2.75) is 70.5 Å². The zero-order valence-corrected chi connectivity index (χ0v) is 18.4. The predicted octanol–water partition coefficient (Wildman–Crippen LogP) is 4.14. The number of halogens is 1. The molecule has 2 aliphatic rings. The standard InChI is InChI=1S/C21H34N4.HI/c1-17-13-19(16-25(17)15-18-9-5-4-6-10-18)14-23-21(22)24-20-11-7-2-3-8-12-20;/h4-6,9-10,17,19-20H,2-3,7-8,11-16H2,1H3,(H3,22,23,24);1H. The summed E-state index contributed by atoms with van der Waals surface area (Å²) in [7, 11) is 0. The van der Waals surface area contributed by atoms with E-state index in [0.717, 1.165) is 19.6 Å². The molecule has 1 heterocycles. The van der Waals surface area contributed by atoms with Gasteiger partial charge in [0.25, 0.3) is 0 Å². The summed E-state index contributed by atoms with van der Waals surface area (Å²) >= 11 is 0. The lowest BCUT2D eigenvalue weighted by atomic mass is 10.1. The number of rotatable bonds is 5. The summed E-state index contributed by atoms with van der Waals surface area (Å²) in [5.74, 6) is 1.27. The molecule has 146 valence electrons. The highest BCUT2D eigenvalue weighted by atomic mass is 127. The highest BCUT2D eigenvalue weighted by Gasteiger charge is 2.28. The van der Waals surface area contributed by atoms with Gasteiger partial charge in [-0.05, 0) is 37.7 Å². The van der Waals surface area contributed by atoms with Gasteiger partial charge in [0, 0.05) is 31.7 Å². The molecule has 0 bridgehead atoms. The van der Waals surface area contributed by atoms with Crippen LogP contribution in [-0.4, -0.2) is 36.0 Å². The number of nitrogens with zero attached hydrogens (tertiary/aromatic N) is 2. The second kappa shape index (κ2) is 11.1. The van der Waals surface area contributed by atoms with Gasteiger partial charge < -0.3 is 11.1 Å². The molecule has 1 aliphatic carbocycles. The van der Waals surface area contributed by atoms with Crippen LogP contribution in [0.4, 0.5) is 0 Å². The minimum absolute atomic E-state index is 0. The van der Waals surface area contributed by atoms with Crippen LogP contribution >= 0.6 is 24.0 Å². The van der Waals surface area contributed by atoms with Crippen LogP contribution < -0.4 is 11.1 Å². The molecule has 1 aliphatic heterocycles. The summed E-state index contributed by atoms with van der Waals surface area (Å²) in [5.41, 5.74) is 7.55. The molecule has 1 aromatic rings. The third kappa shape index (κ3) is 6.72. The molecule has 3 N–H and O–H groups in total. The Bertz CT molecular complexity index is 540. The number of aliphatic imine (C=N–C) groups is 1. The fourth-order valence-corrected chi connectivity index (χ4v) is 4.29. The van der Waals surface area contributed by atoms with E-state index in [-0.39, 0.29) is 24.0 Å². The predicted molar refractivity (Wildman–Crippen MR) is 121 cm³/mol. The summed E-state index contributed by atoms with van der Waals surface area (Å²) in [5, 5.41) is 3.46. The van der Waals surface area contributed by atoms with Crippen molar-refractivity contribution in [1.82, 2.24) is 10.2 Å². The number of nitrogens with two attached hydrogens (primary N) is 1. The van der Waals surface area contributed by atoms with Crippen molar-refractivity contribution in [3.63, 3.8) is 0 Å². The highest BCUT2D eigenvalue weighted by molar-refractivity contribution is 14.0. The van der Waals surface area contributed by atoms with Crippen molar-refractivity contribution in [3.05, 3.63) is 35.9 Å². The number of hydrogen-bond donors (Lipinski definition) is 2. The monoisotopic (exact) mass is 470 g/mol. The van der Waals surface area contributed by atoms with E-state index in [0.29, 0.717) is 24.0 Å². The van der Waals surface area contributed by atoms with E-state index in [1.807, 2.05) is 0 Å². The normalized spacial score (nSPS) is 25.5. The van der Waals surface area contributed by atoms with Crippen molar-refractivity contribution in [2.75, 3.05) is 13.1 Å².